The molecule has 0 aromatic carbocycles. The number of carbonyl (C=O) groups is 1. The van der Waals surface area contributed by atoms with Crippen molar-refractivity contribution < 1.29 is 18.0 Å². The zero-order chi connectivity index (χ0) is 13.3. The quantitative estimate of drug-likeness (QED) is 0.786. The molecule has 0 unspecified atom stereocenters. The van der Waals surface area contributed by atoms with Crippen molar-refractivity contribution in [3.8, 4) is 0 Å². The van der Waals surface area contributed by atoms with Crippen molar-refractivity contribution in [3.05, 3.63) is 0 Å². The van der Waals surface area contributed by atoms with E-state index in [1.54, 1.807) is 4.90 Å². The highest BCUT2D eigenvalue weighted by atomic mass is 19.4. The van der Waals surface area contributed by atoms with Gasteiger partial charge in [-0.3, -0.25) is 4.79 Å². The molecule has 1 amide bonds. The molecular weight excluding hydrogens is 245 g/mol. The van der Waals surface area contributed by atoms with Crippen molar-refractivity contribution in [2.75, 3.05) is 13.1 Å². The highest BCUT2D eigenvalue weighted by Crippen LogP contribution is 2.40. The molecule has 2 N–H and O–H groups in total. The van der Waals surface area contributed by atoms with Crippen molar-refractivity contribution >= 4 is 5.91 Å². The van der Waals surface area contributed by atoms with E-state index in [1.165, 1.54) is 0 Å². The van der Waals surface area contributed by atoms with E-state index >= 15 is 0 Å². The Morgan fingerprint density at radius 1 is 1.11 bits per heavy atom. The molecule has 0 radical (unpaired) electrons. The lowest BCUT2D eigenvalue weighted by Crippen LogP contribution is -2.39. The maximum Gasteiger partial charge on any atom is 0.391 e. The smallest absolute Gasteiger partial charge is 0.341 e. The molecule has 1 saturated heterocycles. The average molecular weight is 264 g/mol. The molecule has 2 aliphatic rings. The number of hydrogen-bond donors (Lipinski definition) is 1. The van der Waals surface area contributed by atoms with Gasteiger partial charge in [-0.25, -0.2) is 0 Å². The molecule has 0 aromatic heterocycles. The Morgan fingerprint density at radius 3 is 2.17 bits per heavy atom. The summed E-state index contributed by atoms with van der Waals surface area (Å²) in [5.41, 5.74) is 5.73. The lowest BCUT2D eigenvalue weighted by molar-refractivity contribution is -0.185. The van der Waals surface area contributed by atoms with Gasteiger partial charge in [0.1, 0.15) is 0 Å². The third kappa shape index (κ3) is 2.96. The predicted molar refractivity (Wildman–Crippen MR) is 60.7 cm³/mol. The van der Waals surface area contributed by atoms with Crippen LogP contribution in [0.25, 0.3) is 0 Å². The van der Waals surface area contributed by atoms with E-state index in [0.29, 0.717) is 25.9 Å². The Hall–Kier alpha value is -0.780. The number of hydrogen-bond acceptors (Lipinski definition) is 2. The van der Waals surface area contributed by atoms with Crippen molar-refractivity contribution in [1.29, 1.82) is 0 Å². The summed E-state index contributed by atoms with van der Waals surface area (Å²) in [4.78, 5) is 13.8. The second-order valence-electron chi connectivity index (χ2n) is 5.42. The van der Waals surface area contributed by atoms with E-state index in [-0.39, 0.29) is 30.7 Å². The zero-order valence-electron chi connectivity index (χ0n) is 10.2. The summed E-state index contributed by atoms with van der Waals surface area (Å²) in [5.74, 6) is -1.44. The van der Waals surface area contributed by atoms with Gasteiger partial charge in [0.25, 0.3) is 0 Å². The van der Waals surface area contributed by atoms with Gasteiger partial charge in [-0.15, -0.1) is 0 Å². The maximum absolute atomic E-state index is 12.5. The monoisotopic (exact) mass is 264 g/mol. The molecular formula is C12H19F3N2O. The highest BCUT2D eigenvalue weighted by Gasteiger charge is 2.43. The van der Waals surface area contributed by atoms with E-state index in [0.717, 1.165) is 6.42 Å². The zero-order valence-corrected chi connectivity index (χ0v) is 10.2. The van der Waals surface area contributed by atoms with Crippen LogP contribution in [-0.4, -0.2) is 36.1 Å². The van der Waals surface area contributed by atoms with Crippen LogP contribution in [-0.2, 0) is 4.79 Å². The van der Waals surface area contributed by atoms with Gasteiger partial charge >= 0.3 is 6.18 Å². The number of nitrogens with two attached hydrogens (primary N) is 1. The van der Waals surface area contributed by atoms with E-state index in [4.69, 9.17) is 5.73 Å². The summed E-state index contributed by atoms with van der Waals surface area (Å²) in [6.07, 6.45) is -2.43. The van der Waals surface area contributed by atoms with Crippen molar-refractivity contribution in [1.82, 2.24) is 4.90 Å². The lowest BCUT2D eigenvalue weighted by atomic mass is 9.81. The third-order valence-corrected chi connectivity index (χ3v) is 4.08. The maximum atomic E-state index is 12.5. The van der Waals surface area contributed by atoms with Crippen LogP contribution in [0, 0.1) is 11.8 Å². The van der Waals surface area contributed by atoms with Crippen LogP contribution in [0.1, 0.15) is 32.1 Å². The molecule has 0 aromatic rings. The highest BCUT2D eigenvalue weighted by molar-refractivity contribution is 5.79. The molecule has 1 heterocycles. The SMILES string of the molecule is N[C@@H]1CCN(C(=O)C2CCC(C(F)(F)F)CC2)C1. The second-order valence-corrected chi connectivity index (χ2v) is 5.42. The molecule has 3 nitrogen and oxygen atoms in total. The number of carbonyl (C=O) groups excluding carboxylic acids is 1. The fourth-order valence-corrected chi connectivity index (χ4v) is 2.91. The van der Waals surface area contributed by atoms with E-state index in [1.807, 2.05) is 0 Å². The van der Waals surface area contributed by atoms with Gasteiger partial charge in [0.15, 0.2) is 0 Å². The van der Waals surface area contributed by atoms with E-state index in [2.05, 4.69) is 0 Å². The minimum atomic E-state index is -4.11. The van der Waals surface area contributed by atoms with Crippen LogP contribution in [0.15, 0.2) is 0 Å². The first-order valence-electron chi connectivity index (χ1n) is 6.49. The fourth-order valence-electron chi connectivity index (χ4n) is 2.91. The van der Waals surface area contributed by atoms with Crippen LogP contribution in [0.4, 0.5) is 13.2 Å². The molecule has 0 spiro atoms. The molecule has 2 rings (SSSR count). The van der Waals surface area contributed by atoms with Gasteiger partial charge in [-0.1, -0.05) is 0 Å². The topological polar surface area (TPSA) is 46.3 Å². The average Bonchev–Trinajstić information content (AvgIpc) is 2.74. The standard InChI is InChI=1S/C12H19F3N2O/c13-12(14,15)9-3-1-8(2-4-9)11(18)17-6-5-10(16)7-17/h8-10H,1-7,16H2/t8?,9?,10-/m1/s1. The minimum absolute atomic E-state index is 0.00331. The van der Waals surface area contributed by atoms with Gasteiger partial charge < -0.3 is 10.6 Å². The first-order chi connectivity index (χ1) is 8.38. The molecule has 1 aliphatic heterocycles. The first kappa shape index (κ1) is 13.6. The molecule has 2 fully saturated rings. The predicted octanol–water partition coefficient (Wildman–Crippen LogP) is 1.91. The molecule has 0 bridgehead atoms. The summed E-state index contributed by atoms with van der Waals surface area (Å²) >= 11 is 0. The van der Waals surface area contributed by atoms with Gasteiger partial charge in [0.2, 0.25) is 5.91 Å². The number of likely N-dealkylation sites (tertiary alicyclic amines) is 1. The number of amides is 1. The van der Waals surface area contributed by atoms with Gasteiger partial charge in [0.05, 0.1) is 5.92 Å². The molecule has 1 atom stereocenters. The Balaban J connectivity index is 1.84. The summed E-state index contributed by atoms with van der Waals surface area (Å²) in [7, 11) is 0. The van der Waals surface area contributed by atoms with Gasteiger partial charge in [-0.2, -0.15) is 13.2 Å². The summed E-state index contributed by atoms with van der Waals surface area (Å²) in [6, 6.07) is 0.0282. The van der Waals surface area contributed by atoms with Crippen LogP contribution < -0.4 is 5.73 Å². The lowest BCUT2D eigenvalue weighted by Gasteiger charge is -2.31. The van der Waals surface area contributed by atoms with Crippen molar-refractivity contribution in [2.45, 2.75) is 44.3 Å². The van der Waals surface area contributed by atoms with E-state index in [9.17, 15) is 18.0 Å². The molecule has 1 saturated carbocycles. The third-order valence-electron chi connectivity index (χ3n) is 4.08. The first-order valence-corrected chi connectivity index (χ1v) is 6.49. The minimum Gasteiger partial charge on any atom is -0.341 e. The Kier molecular flexibility index (Phi) is 3.84. The Bertz CT molecular complexity index is 311. The Morgan fingerprint density at radius 2 is 1.72 bits per heavy atom. The van der Waals surface area contributed by atoms with Gasteiger partial charge in [0, 0.05) is 25.0 Å². The molecule has 18 heavy (non-hydrogen) atoms. The molecule has 104 valence electrons. The van der Waals surface area contributed by atoms with Gasteiger partial charge in [-0.05, 0) is 32.1 Å². The normalized spacial score (nSPS) is 33.8. The van der Waals surface area contributed by atoms with E-state index < -0.39 is 12.1 Å². The number of alkyl halides is 3. The van der Waals surface area contributed by atoms with Crippen molar-refractivity contribution in [2.24, 2.45) is 17.6 Å². The molecule has 1 aliphatic carbocycles. The Labute approximate surface area is 104 Å². The second kappa shape index (κ2) is 5.07. The number of halogens is 3. The summed E-state index contributed by atoms with van der Waals surface area (Å²) < 4.78 is 37.5. The number of nitrogens with zero attached hydrogens (tertiary/aromatic N) is 1. The van der Waals surface area contributed by atoms with Crippen LogP contribution in [0.2, 0.25) is 0 Å². The number of rotatable bonds is 1. The fraction of sp³-hybridized carbons (Fsp3) is 0.917. The van der Waals surface area contributed by atoms with Crippen molar-refractivity contribution in [3.63, 3.8) is 0 Å². The largest absolute Gasteiger partial charge is 0.391 e. The summed E-state index contributed by atoms with van der Waals surface area (Å²) in [6.45, 7) is 1.21. The molecule has 6 heteroatoms. The van der Waals surface area contributed by atoms with Crippen LogP contribution >= 0.6 is 0 Å². The summed E-state index contributed by atoms with van der Waals surface area (Å²) in [5, 5.41) is 0. The van der Waals surface area contributed by atoms with Crippen LogP contribution in [0.3, 0.4) is 0 Å². The van der Waals surface area contributed by atoms with Crippen LogP contribution in [0.5, 0.6) is 0 Å².